The summed E-state index contributed by atoms with van der Waals surface area (Å²) in [7, 11) is -4.04. The number of carbonyl (C=O) groups is 2. The number of nitrogens with zero attached hydrogens (tertiary/aromatic N) is 1. The van der Waals surface area contributed by atoms with Gasteiger partial charge >= 0.3 is 0 Å². The van der Waals surface area contributed by atoms with Crippen LogP contribution >= 0.6 is 11.6 Å². The number of anilines is 2. The third-order valence-corrected chi connectivity index (χ3v) is 6.79. The highest BCUT2D eigenvalue weighted by atomic mass is 35.5. The van der Waals surface area contributed by atoms with E-state index >= 15 is 0 Å². The SMILES string of the molecule is Cc1ccc(S(=O)(=O)N(CC(=O)Nc2ccc(C(N)=O)cc2)c2ccc(Cl)cc2C)cc1. The largest absolute Gasteiger partial charge is 0.366 e. The summed E-state index contributed by atoms with van der Waals surface area (Å²) in [5.41, 5.74) is 7.78. The number of aryl methyl sites for hydroxylation is 2. The Balaban J connectivity index is 1.94. The number of primary amides is 1. The summed E-state index contributed by atoms with van der Waals surface area (Å²) in [5.74, 6) is -1.14. The lowest BCUT2D eigenvalue weighted by Gasteiger charge is -2.26. The molecule has 9 heteroatoms. The normalized spacial score (nSPS) is 11.1. The van der Waals surface area contributed by atoms with Crippen molar-refractivity contribution in [3.05, 3.63) is 88.4 Å². The Morgan fingerprint density at radius 1 is 0.969 bits per heavy atom. The van der Waals surface area contributed by atoms with Crippen molar-refractivity contribution in [1.82, 2.24) is 0 Å². The molecule has 0 aromatic heterocycles. The minimum Gasteiger partial charge on any atom is -0.366 e. The summed E-state index contributed by atoms with van der Waals surface area (Å²) in [6.07, 6.45) is 0. The van der Waals surface area contributed by atoms with Crippen LogP contribution in [-0.4, -0.2) is 26.8 Å². The first-order chi connectivity index (χ1) is 15.1. The lowest BCUT2D eigenvalue weighted by Crippen LogP contribution is -2.38. The fourth-order valence-corrected chi connectivity index (χ4v) is 4.80. The average molecular weight is 472 g/mol. The first-order valence-electron chi connectivity index (χ1n) is 9.63. The number of amides is 2. The minimum atomic E-state index is -4.04. The van der Waals surface area contributed by atoms with E-state index in [2.05, 4.69) is 5.32 Å². The average Bonchev–Trinajstić information content (AvgIpc) is 2.73. The van der Waals surface area contributed by atoms with Crippen LogP contribution < -0.4 is 15.4 Å². The van der Waals surface area contributed by atoms with Gasteiger partial charge < -0.3 is 11.1 Å². The van der Waals surface area contributed by atoms with Crippen molar-refractivity contribution in [1.29, 1.82) is 0 Å². The molecule has 0 aliphatic rings. The second-order valence-corrected chi connectivity index (χ2v) is 9.54. The van der Waals surface area contributed by atoms with E-state index in [1.165, 1.54) is 36.4 Å². The number of halogens is 1. The molecule has 0 aliphatic carbocycles. The Morgan fingerprint density at radius 2 is 1.59 bits per heavy atom. The van der Waals surface area contributed by atoms with Crippen molar-refractivity contribution in [3.8, 4) is 0 Å². The zero-order valence-corrected chi connectivity index (χ0v) is 19.1. The highest BCUT2D eigenvalue weighted by Crippen LogP contribution is 2.29. The van der Waals surface area contributed by atoms with Crippen molar-refractivity contribution >= 4 is 44.8 Å². The summed E-state index contributed by atoms with van der Waals surface area (Å²) in [4.78, 5) is 24.1. The number of sulfonamides is 1. The number of rotatable bonds is 7. The van der Waals surface area contributed by atoms with E-state index in [-0.39, 0.29) is 4.90 Å². The number of nitrogens with two attached hydrogens (primary N) is 1. The van der Waals surface area contributed by atoms with Gasteiger partial charge in [-0.1, -0.05) is 29.3 Å². The third kappa shape index (κ3) is 5.27. The highest BCUT2D eigenvalue weighted by Gasteiger charge is 2.28. The van der Waals surface area contributed by atoms with Gasteiger partial charge in [0.05, 0.1) is 10.6 Å². The van der Waals surface area contributed by atoms with Crippen LogP contribution in [0.25, 0.3) is 0 Å². The van der Waals surface area contributed by atoms with Crippen molar-refractivity contribution in [2.75, 3.05) is 16.2 Å². The molecular weight excluding hydrogens is 450 g/mol. The summed E-state index contributed by atoms with van der Waals surface area (Å²) in [5, 5.41) is 3.11. The molecule has 0 aliphatic heterocycles. The first kappa shape index (κ1) is 23.3. The van der Waals surface area contributed by atoms with Crippen molar-refractivity contribution in [3.63, 3.8) is 0 Å². The molecule has 2 amide bonds. The van der Waals surface area contributed by atoms with Crippen LogP contribution in [0.2, 0.25) is 5.02 Å². The molecule has 32 heavy (non-hydrogen) atoms. The lowest BCUT2D eigenvalue weighted by atomic mass is 10.2. The maximum Gasteiger partial charge on any atom is 0.264 e. The maximum atomic E-state index is 13.5. The molecular formula is C23H22ClN3O4S. The monoisotopic (exact) mass is 471 g/mol. The maximum absolute atomic E-state index is 13.5. The van der Waals surface area contributed by atoms with E-state index < -0.39 is 28.4 Å². The quantitative estimate of drug-likeness (QED) is 0.544. The predicted octanol–water partition coefficient (Wildman–Crippen LogP) is 3.89. The van der Waals surface area contributed by atoms with E-state index in [9.17, 15) is 18.0 Å². The second-order valence-electron chi connectivity index (χ2n) is 7.25. The smallest absolute Gasteiger partial charge is 0.264 e. The van der Waals surface area contributed by atoms with Gasteiger partial charge in [-0.25, -0.2) is 8.42 Å². The number of benzene rings is 3. The fraction of sp³-hybridized carbons (Fsp3) is 0.130. The molecule has 0 spiro atoms. The zero-order chi connectivity index (χ0) is 23.5. The van der Waals surface area contributed by atoms with Crippen LogP contribution in [0.1, 0.15) is 21.5 Å². The summed E-state index contributed by atoms with van der Waals surface area (Å²) in [6, 6.07) is 17.2. The Labute approximate surface area is 191 Å². The molecule has 3 aromatic rings. The van der Waals surface area contributed by atoms with E-state index in [4.69, 9.17) is 17.3 Å². The molecule has 7 nitrogen and oxygen atoms in total. The third-order valence-electron chi connectivity index (χ3n) is 4.78. The van der Waals surface area contributed by atoms with E-state index in [1.54, 1.807) is 37.3 Å². The zero-order valence-electron chi connectivity index (χ0n) is 17.5. The molecule has 0 saturated carbocycles. The van der Waals surface area contributed by atoms with E-state index in [0.717, 1.165) is 9.87 Å². The van der Waals surface area contributed by atoms with Gasteiger partial charge in [0.25, 0.3) is 10.0 Å². The van der Waals surface area contributed by atoms with Crippen LogP contribution in [0.4, 0.5) is 11.4 Å². The van der Waals surface area contributed by atoms with Crippen LogP contribution in [-0.2, 0) is 14.8 Å². The predicted molar refractivity (Wildman–Crippen MR) is 125 cm³/mol. The van der Waals surface area contributed by atoms with E-state index in [0.29, 0.717) is 27.5 Å². The minimum absolute atomic E-state index is 0.0658. The van der Waals surface area contributed by atoms with Crippen molar-refractivity contribution < 1.29 is 18.0 Å². The summed E-state index contributed by atoms with van der Waals surface area (Å²) < 4.78 is 28.0. The molecule has 0 saturated heterocycles. The summed E-state index contributed by atoms with van der Waals surface area (Å²) in [6.45, 7) is 3.12. The standard InChI is InChI=1S/C23H22ClN3O4S/c1-15-3-10-20(11-4-15)32(30,31)27(21-12-7-18(24)13-16(21)2)14-22(28)26-19-8-5-17(6-9-19)23(25)29/h3-13H,14H2,1-2H3,(H2,25,29)(H,26,28). The van der Waals surface area contributed by atoms with Crippen LogP contribution in [0, 0.1) is 13.8 Å². The Bertz CT molecular complexity index is 1260. The van der Waals surface area contributed by atoms with Crippen LogP contribution in [0.3, 0.4) is 0 Å². The molecule has 0 heterocycles. The number of hydrogen-bond acceptors (Lipinski definition) is 4. The lowest BCUT2D eigenvalue weighted by molar-refractivity contribution is -0.114. The first-order valence-corrected chi connectivity index (χ1v) is 11.4. The second kappa shape index (κ2) is 9.42. The molecule has 3 rings (SSSR count). The molecule has 0 radical (unpaired) electrons. The van der Waals surface area contributed by atoms with Crippen molar-refractivity contribution in [2.45, 2.75) is 18.7 Å². The van der Waals surface area contributed by atoms with Gasteiger partial charge in [0, 0.05) is 16.3 Å². The van der Waals surface area contributed by atoms with Gasteiger partial charge in [-0.2, -0.15) is 0 Å². The Kier molecular flexibility index (Phi) is 6.86. The molecule has 166 valence electrons. The Morgan fingerprint density at radius 3 is 2.16 bits per heavy atom. The fourth-order valence-electron chi connectivity index (χ4n) is 3.08. The van der Waals surface area contributed by atoms with Crippen LogP contribution in [0.5, 0.6) is 0 Å². The molecule has 0 fully saturated rings. The molecule has 0 bridgehead atoms. The number of carbonyl (C=O) groups excluding carboxylic acids is 2. The van der Waals surface area contributed by atoms with Gasteiger partial charge in [0.15, 0.2) is 0 Å². The van der Waals surface area contributed by atoms with Gasteiger partial charge in [0.2, 0.25) is 11.8 Å². The molecule has 3 aromatic carbocycles. The van der Waals surface area contributed by atoms with Gasteiger partial charge in [0.1, 0.15) is 6.54 Å². The topological polar surface area (TPSA) is 110 Å². The van der Waals surface area contributed by atoms with Crippen molar-refractivity contribution in [2.24, 2.45) is 5.73 Å². The van der Waals surface area contributed by atoms with E-state index in [1.807, 2.05) is 6.92 Å². The molecule has 0 atom stereocenters. The van der Waals surface area contributed by atoms with Crippen LogP contribution in [0.15, 0.2) is 71.6 Å². The molecule has 3 N–H and O–H groups in total. The molecule has 0 unspecified atom stereocenters. The summed E-state index contributed by atoms with van der Waals surface area (Å²) >= 11 is 6.04. The Hall–Kier alpha value is -3.36. The number of nitrogens with one attached hydrogen (secondary N) is 1. The van der Waals surface area contributed by atoms with Gasteiger partial charge in [-0.05, 0) is 74.0 Å². The van der Waals surface area contributed by atoms with Gasteiger partial charge in [-0.3, -0.25) is 13.9 Å². The van der Waals surface area contributed by atoms with Gasteiger partial charge in [-0.15, -0.1) is 0 Å². The number of hydrogen-bond donors (Lipinski definition) is 2. The highest BCUT2D eigenvalue weighted by molar-refractivity contribution is 7.92.